The summed E-state index contributed by atoms with van der Waals surface area (Å²) in [5, 5.41) is 8.78. The molecule has 1 amide bonds. The normalized spacial score (nSPS) is 19.6. The molecule has 1 fully saturated rings. The smallest absolute Gasteiger partial charge is 0.303 e. The van der Waals surface area contributed by atoms with Crippen LogP contribution in [0.1, 0.15) is 39.5 Å². The van der Waals surface area contributed by atoms with Crippen molar-refractivity contribution in [2.45, 2.75) is 39.5 Å². The molecule has 0 spiro atoms. The van der Waals surface area contributed by atoms with Crippen molar-refractivity contribution in [1.82, 2.24) is 9.80 Å². The van der Waals surface area contributed by atoms with Gasteiger partial charge in [0.05, 0.1) is 6.54 Å². The molecular formula is C14H26N2O3. The van der Waals surface area contributed by atoms with Crippen LogP contribution in [0.2, 0.25) is 0 Å². The third-order valence-electron chi connectivity index (χ3n) is 3.53. The van der Waals surface area contributed by atoms with Gasteiger partial charge in [-0.1, -0.05) is 13.8 Å². The molecule has 0 aliphatic carbocycles. The van der Waals surface area contributed by atoms with Gasteiger partial charge in [-0.25, -0.2) is 0 Å². The minimum absolute atomic E-state index is 0.180. The molecular weight excluding hydrogens is 244 g/mol. The Labute approximate surface area is 115 Å². The van der Waals surface area contributed by atoms with E-state index in [2.05, 4.69) is 18.7 Å². The Morgan fingerprint density at radius 1 is 1.26 bits per heavy atom. The van der Waals surface area contributed by atoms with E-state index < -0.39 is 5.97 Å². The summed E-state index contributed by atoms with van der Waals surface area (Å²) < 4.78 is 0. The first kappa shape index (κ1) is 16.0. The number of carboxylic acid groups (broad SMARTS) is 1. The summed E-state index contributed by atoms with van der Waals surface area (Å²) in [6.07, 6.45) is 3.07. The highest BCUT2D eigenvalue weighted by atomic mass is 16.4. The molecule has 19 heavy (non-hydrogen) atoms. The van der Waals surface area contributed by atoms with Gasteiger partial charge >= 0.3 is 5.97 Å². The van der Waals surface area contributed by atoms with Gasteiger partial charge in [-0.2, -0.15) is 0 Å². The van der Waals surface area contributed by atoms with Gasteiger partial charge in [0.25, 0.3) is 0 Å². The zero-order valence-electron chi connectivity index (χ0n) is 12.1. The standard InChI is InChI=1S/C14H26N2O3/c1-3-6-16(7-4-2)13(17)11-15-8-5-12(10-15)9-14(18)19/h12H,3-11H2,1-2H3,(H,18,19). The maximum absolute atomic E-state index is 12.2. The lowest BCUT2D eigenvalue weighted by atomic mass is 10.1. The summed E-state index contributed by atoms with van der Waals surface area (Å²) in [6, 6.07) is 0. The van der Waals surface area contributed by atoms with E-state index in [-0.39, 0.29) is 18.2 Å². The van der Waals surface area contributed by atoms with E-state index in [0.717, 1.165) is 45.4 Å². The molecule has 0 aromatic rings. The molecule has 0 radical (unpaired) electrons. The van der Waals surface area contributed by atoms with Crippen molar-refractivity contribution in [3.63, 3.8) is 0 Å². The molecule has 0 aromatic heterocycles. The van der Waals surface area contributed by atoms with Gasteiger partial charge < -0.3 is 10.0 Å². The molecule has 110 valence electrons. The number of amides is 1. The van der Waals surface area contributed by atoms with Crippen molar-refractivity contribution >= 4 is 11.9 Å². The lowest BCUT2D eigenvalue weighted by Gasteiger charge is -2.24. The molecule has 1 saturated heterocycles. The Bertz CT molecular complexity index is 301. The number of hydrogen-bond donors (Lipinski definition) is 1. The number of hydrogen-bond acceptors (Lipinski definition) is 3. The number of aliphatic carboxylic acids is 1. The molecule has 5 nitrogen and oxygen atoms in total. The minimum Gasteiger partial charge on any atom is -0.481 e. The van der Waals surface area contributed by atoms with Crippen LogP contribution in [0.15, 0.2) is 0 Å². The number of carbonyl (C=O) groups is 2. The molecule has 5 heteroatoms. The highest BCUT2D eigenvalue weighted by molar-refractivity contribution is 5.78. The number of carbonyl (C=O) groups excluding carboxylic acids is 1. The van der Waals surface area contributed by atoms with Gasteiger partial charge in [-0.15, -0.1) is 0 Å². The minimum atomic E-state index is -0.739. The Morgan fingerprint density at radius 2 is 1.89 bits per heavy atom. The second-order valence-corrected chi connectivity index (χ2v) is 5.37. The van der Waals surface area contributed by atoms with E-state index >= 15 is 0 Å². The van der Waals surface area contributed by atoms with Gasteiger partial charge in [0.1, 0.15) is 0 Å². The number of nitrogens with zero attached hydrogens (tertiary/aromatic N) is 2. The first-order valence-electron chi connectivity index (χ1n) is 7.28. The predicted octanol–water partition coefficient (Wildman–Crippen LogP) is 1.43. The van der Waals surface area contributed by atoms with Crippen LogP contribution in [0.5, 0.6) is 0 Å². The Morgan fingerprint density at radius 3 is 2.42 bits per heavy atom. The van der Waals surface area contributed by atoms with Gasteiger partial charge in [-0.05, 0) is 31.7 Å². The van der Waals surface area contributed by atoms with Crippen LogP contribution in [0.25, 0.3) is 0 Å². The van der Waals surface area contributed by atoms with Gasteiger partial charge in [0, 0.05) is 26.1 Å². The quantitative estimate of drug-likeness (QED) is 0.725. The lowest BCUT2D eigenvalue weighted by Crippen LogP contribution is -2.40. The number of rotatable bonds is 8. The zero-order valence-corrected chi connectivity index (χ0v) is 12.1. The van der Waals surface area contributed by atoms with E-state index in [1.807, 2.05) is 4.90 Å². The third kappa shape index (κ3) is 5.59. The fraction of sp³-hybridized carbons (Fsp3) is 0.857. The summed E-state index contributed by atoms with van der Waals surface area (Å²) in [4.78, 5) is 26.9. The van der Waals surface area contributed by atoms with E-state index in [1.54, 1.807) is 0 Å². The first-order chi connectivity index (χ1) is 9.06. The highest BCUT2D eigenvalue weighted by Crippen LogP contribution is 2.19. The molecule has 1 rings (SSSR count). The summed E-state index contributed by atoms with van der Waals surface area (Å²) in [5.41, 5.74) is 0. The molecule has 1 unspecified atom stereocenters. The van der Waals surface area contributed by atoms with Crippen LogP contribution in [-0.2, 0) is 9.59 Å². The molecule has 1 N–H and O–H groups in total. The monoisotopic (exact) mass is 270 g/mol. The Balaban J connectivity index is 2.37. The van der Waals surface area contributed by atoms with Crippen LogP contribution in [-0.4, -0.2) is 59.5 Å². The van der Waals surface area contributed by atoms with E-state index in [1.165, 1.54) is 0 Å². The van der Waals surface area contributed by atoms with Crippen molar-refractivity contribution in [2.24, 2.45) is 5.92 Å². The maximum Gasteiger partial charge on any atom is 0.303 e. The largest absolute Gasteiger partial charge is 0.481 e. The molecule has 1 aliphatic rings. The van der Waals surface area contributed by atoms with E-state index in [0.29, 0.717) is 6.54 Å². The SMILES string of the molecule is CCCN(CCC)C(=O)CN1CCC(CC(=O)O)C1. The summed E-state index contributed by atoms with van der Waals surface area (Å²) in [5.74, 6) is -0.354. The van der Waals surface area contributed by atoms with Gasteiger partial charge in [0.15, 0.2) is 0 Å². The average molecular weight is 270 g/mol. The summed E-state index contributed by atoms with van der Waals surface area (Å²) in [6.45, 7) is 7.82. The Kier molecular flexibility index (Phi) is 6.84. The van der Waals surface area contributed by atoms with Crippen molar-refractivity contribution < 1.29 is 14.7 Å². The van der Waals surface area contributed by atoms with Crippen molar-refractivity contribution in [2.75, 3.05) is 32.7 Å². The topological polar surface area (TPSA) is 60.9 Å². The first-order valence-corrected chi connectivity index (χ1v) is 7.28. The van der Waals surface area contributed by atoms with Gasteiger partial charge in [-0.3, -0.25) is 14.5 Å². The highest BCUT2D eigenvalue weighted by Gasteiger charge is 2.26. The molecule has 0 bridgehead atoms. The summed E-state index contributed by atoms with van der Waals surface area (Å²) >= 11 is 0. The molecule has 1 atom stereocenters. The van der Waals surface area contributed by atoms with Crippen LogP contribution >= 0.6 is 0 Å². The predicted molar refractivity (Wildman–Crippen MR) is 74.0 cm³/mol. The summed E-state index contributed by atoms with van der Waals surface area (Å²) in [7, 11) is 0. The molecule has 0 saturated carbocycles. The molecule has 1 heterocycles. The second-order valence-electron chi connectivity index (χ2n) is 5.37. The van der Waals surface area contributed by atoms with Crippen molar-refractivity contribution in [1.29, 1.82) is 0 Å². The second kappa shape index (κ2) is 8.15. The van der Waals surface area contributed by atoms with E-state index in [9.17, 15) is 9.59 Å². The van der Waals surface area contributed by atoms with Gasteiger partial charge in [0.2, 0.25) is 5.91 Å². The van der Waals surface area contributed by atoms with E-state index in [4.69, 9.17) is 5.11 Å². The number of likely N-dealkylation sites (tertiary alicyclic amines) is 1. The van der Waals surface area contributed by atoms with Crippen LogP contribution in [0, 0.1) is 5.92 Å². The van der Waals surface area contributed by atoms with Crippen molar-refractivity contribution in [3.8, 4) is 0 Å². The van der Waals surface area contributed by atoms with Crippen LogP contribution in [0.3, 0.4) is 0 Å². The van der Waals surface area contributed by atoms with Crippen molar-refractivity contribution in [3.05, 3.63) is 0 Å². The Hall–Kier alpha value is -1.10. The number of carboxylic acids is 1. The fourth-order valence-electron chi connectivity index (χ4n) is 2.66. The third-order valence-corrected chi connectivity index (χ3v) is 3.53. The van der Waals surface area contributed by atoms with Crippen LogP contribution in [0.4, 0.5) is 0 Å². The molecule has 0 aromatic carbocycles. The molecule has 1 aliphatic heterocycles. The fourth-order valence-corrected chi connectivity index (χ4v) is 2.66. The maximum atomic E-state index is 12.2. The zero-order chi connectivity index (χ0) is 14.3. The van der Waals surface area contributed by atoms with Crippen LogP contribution < -0.4 is 0 Å². The lowest BCUT2D eigenvalue weighted by molar-refractivity contribution is -0.138. The average Bonchev–Trinajstić information content (AvgIpc) is 2.75.